The smallest absolute Gasteiger partial charge is 0.306 e. The fourth-order valence-corrected chi connectivity index (χ4v) is 8.65. The molecule has 0 amide bonds. The summed E-state index contributed by atoms with van der Waals surface area (Å²) in [7, 11) is 0. The summed E-state index contributed by atoms with van der Waals surface area (Å²) in [4.78, 5) is 38.1. The van der Waals surface area contributed by atoms with Gasteiger partial charge < -0.3 is 14.2 Å². The molecule has 0 spiro atoms. The van der Waals surface area contributed by atoms with Crippen molar-refractivity contribution in [1.29, 1.82) is 0 Å². The SMILES string of the molecule is CC/C=C\C/C=C\C/C=C\C/C=C\C/C=C\C/C=C\C/C=C\CCCCCCCCCCCCCCCC(=O)OCC(COC(=O)CCCCCCCCCC)OC(=O)CCCCCC/C=C\C/C=C\C/C=C\C/C=C\CC. The topological polar surface area (TPSA) is 78.9 Å². The molecule has 1 atom stereocenters. The Morgan fingerprint density at radius 3 is 0.782 bits per heavy atom. The van der Waals surface area contributed by atoms with Crippen molar-refractivity contribution < 1.29 is 28.6 Å². The van der Waals surface area contributed by atoms with Crippen LogP contribution in [0.4, 0.5) is 0 Å². The molecule has 0 heterocycles. The van der Waals surface area contributed by atoms with Gasteiger partial charge >= 0.3 is 17.9 Å². The summed E-state index contributed by atoms with van der Waals surface area (Å²) in [6, 6.07) is 0. The molecule has 0 radical (unpaired) electrons. The third-order valence-corrected chi connectivity index (χ3v) is 13.4. The number of hydrogen-bond donors (Lipinski definition) is 0. The van der Waals surface area contributed by atoms with Crippen LogP contribution in [-0.2, 0) is 28.6 Å². The highest BCUT2D eigenvalue weighted by Crippen LogP contribution is 2.16. The van der Waals surface area contributed by atoms with Crippen LogP contribution in [0.2, 0.25) is 0 Å². The molecule has 6 heteroatoms. The third-order valence-electron chi connectivity index (χ3n) is 13.4. The van der Waals surface area contributed by atoms with Gasteiger partial charge in [-0.1, -0.05) is 283 Å². The van der Waals surface area contributed by atoms with E-state index in [-0.39, 0.29) is 31.1 Å². The lowest BCUT2D eigenvalue weighted by atomic mass is 10.0. The number of esters is 3. The summed E-state index contributed by atoms with van der Waals surface area (Å²) in [5.41, 5.74) is 0. The van der Waals surface area contributed by atoms with E-state index in [1.807, 2.05) is 0 Å². The molecule has 0 aromatic carbocycles. The molecule has 0 aromatic rings. The van der Waals surface area contributed by atoms with E-state index in [4.69, 9.17) is 14.2 Å². The van der Waals surface area contributed by atoms with Crippen molar-refractivity contribution in [2.24, 2.45) is 0 Å². The number of carbonyl (C=O) groups is 3. The van der Waals surface area contributed by atoms with Gasteiger partial charge in [0, 0.05) is 19.3 Å². The molecule has 0 aliphatic carbocycles. The second kappa shape index (κ2) is 65.1. The summed E-state index contributed by atoms with van der Waals surface area (Å²) < 4.78 is 16.8. The molecule has 1 unspecified atom stereocenters. The van der Waals surface area contributed by atoms with Gasteiger partial charge in [-0.15, -0.1) is 0 Å². The molecule has 0 aromatic heterocycles. The first-order chi connectivity index (χ1) is 38.5. The van der Waals surface area contributed by atoms with Gasteiger partial charge in [0.2, 0.25) is 0 Å². The predicted molar refractivity (Wildman–Crippen MR) is 339 cm³/mol. The van der Waals surface area contributed by atoms with E-state index < -0.39 is 6.10 Å². The Morgan fingerprint density at radius 2 is 0.500 bits per heavy atom. The zero-order valence-electron chi connectivity index (χ0n) is 50.6. The molecule has 0 aliphatic heterocycles. The fraction of sp³-hybridized carbons (Fsp3) is 0.653. The summed E-state index contributed by atoms with van der Waals surface area (Å²) in [5, 5.41) is 0. The Labute approximate surface area is 481 Å². The third kappa shape index (κ3) is 62.4. The molecule has 442 valence electrons. The Morgan fingerprint density at radius 1 is 0.269 bits per heavy atom. The Hall–Kier alpha value is -4.45. The first kappa shape index (κ1) is 73.5. The highest BCUT2D eigenvalue weighted by Gasteiger charge is 2.19. The normalized spacial score (nSPS) is 13.0. The van der Waals surface area contributed by atoms with E-state index in [9.17, 15) is 14.4 Å². The van der Waals surface area contributed by atoms with Gasteiger partial charge in [0.15, 0.2) is 6.10 Å². The number of ether oxygens (including phenoxy) is 3. The monoisotopic (exact) mass is 1080 g/mol. The maximum atomic E-state index is 12.8. The molecule has 78 heavy (non-hydrogen) atoms. The molecular weight excluding hydrogens is 961 g/mol. The van der Waals surface area contributed by atoms with Gasteiger partial charge in [0.25, 0.3) is 0 Å². The van der Waals surface area contributed by atoms with Crippen LogP contribution in [-0.4, -0.2) is 37.2 Å². The molecule has 0 fully saturated rings. The maximum Gasteiger partial charge on any atom is 0.306 e. The van der Waals surface area contributed by atoms with Gasteiger partial charge in [-0.25, -0.2) is 0 Å². The van der Waals surface area contributed by atoms with Gasteiger partial charge in [0.1, 0.15) is 13.2 Å². The second-order valence-electron chi connectivity index (χ2n) is 20.9. The molecule has 0 bridgehead atoms. The van der Waals surface area contributed by atoms with Gasteiger partial charge in [-0.3, -0.25) is 14.4 Å². The van der Waals surface area contributed by atoms with Crippen molar-refractivity contribution in [3.05, 3.63) is 134 Å². The molecule has 0 saturated carbocycles. The number of unbranched alkanes of at least 4 members (excludes halogenated alkanes) is 24. The summed E-state index contributed by atoms with van der Waals surface area (Å²) in [6.07, 6.45) is 92.0. The van der Waals surface area contributed by atoms with Crippen molar-refractivity contribution in [2.45, 2.75) is 290 Å². The number of allylic oxidation sites excluding steroid dienone is 22. The summed E-state index contributed by atoms with van der Waals surface area (Å²) in [5.74, 6) is -0.916. The van der Waals surface area contributed by atoms with Crippen LogP contribution >= 0.6 is 0 Å². The van der Waals surface area contributed by atoms with E-state index in [2.05, 4.69) is 154 Å². The number of carbonyl (C=O) groups excluding carboxylic acids is 3. The molecule has 0 N–H and O–H groups in total. The van der Waals surface area contributed by atoms with Crippen LogP contribution in [0.3, 0.4) is 0 Å². The largest absolute Gasteiger partial charge is 0.462 e. The highest BCUT2D eigenvalue weighted by molar-refractivity contribution is 5.71. The minimum absolute atomic E-state index is 0.0884. The molecule has 0 rings (SSSR count). The van der Waals surface area contributed by atoms with Crippen LogP contribution < -0.4 is 0 Å². The molecule has 6 nitrogen and oxygen atoms in total. The highest BCUT2D eigenvalue weighted by atomic mass is 16.6. The van der Waals surface area contributed by atoms with Crippen LogP contribution in [0, 0.1) is 0 Å². The van der Waals surface area contributed by atoms with Crippen molar-refractivity contribution in [1.82, 2.24) is 0 Å². The Bertz CT molecular complexity index is 1670. The lowest BCUT2D eigenvalue weighted by Crippen LogP contribution is -2.30. The van der Waals surface area contributed by atoms with Crippen molar-refractivity contribution >= 4 is 17.9 Å². The number of hydrogen-bond acceptors (Lipinski definition) is 6. The van der Waals surface area contributed by atoms with Crippen LogP contribution in [0.15, 0.2) is 134 Å². The van der Waals surface area contributed by atoms with Gasteiger partial charge in [-0.05, 0) is 116 Å². The van der Waals surface area contributed by atoms with E-state index in [1.54, 1.807) is 0 Å². The summed E-state index contributed by atoms with van der Waals surface area (Å²) in [6.45, 7) is 6.36. The average Bonchev–Trinajstić information content (AvgIpc) is 3.44. The van der Waals surface area contributed by atoms with Crippen molar-refractivity contribution in [2.75, 3.05) is 13.2 Å². The lowest BCUT2D eigenvalue weighted by molar-refractivity contribution is -0.167. The molecular formula is C72H118O6. The first-order valence-electron chi connectivity index (χ1n) is 32.2. The minimum Gasteiger partial charge on any atom is -0.462 e. The Balaban J connectivity index is 4.12. The van der Waals surface area contributed by atoms with Gasteiger partial charge in [-0.2, -0.15) is 0 Å². The van der Waals surface area contributed by atoms with Crippen LogP contribution in [0.1, 0.15) is 284 Å². The Kier molecular flexibility index (Phi) is 61.4. The second-order valence-corrected chi connectivity index (χ2v) is 20.9. The van der Waals surface area contributed by atoms with Crippen LogP contribution in [0.25, 0.3) is 0 Å². The van der Waals surface area contributed by atoms with E-state index in [1.165, 1.54) is 103 Å². The quantitative estimate of drug-likeness (QED) is 0.0261. The average molecular weight is 1080 g/mol. The van der Waals surface area contributed by atoms with Gasteiger partial charge in [0.05, 0.1) is 0 Å². The van der Waals surface area contributed by atoms with Crippen molar-refractivity contribution in [3.63, 3.8) is 0 Å². The molecule has 0 saturated heterocycles. The lowest BCUT2D eigenvalue weighted by Gasteiger charge is -2.18. The number of rotatable bonds is 57. The first-order valence-corrected chi connectivity index (χ1v) is 32.2. The van der Waals surface area contributed by atoms with E-state index >= 15 is 0 Å². The molecule has 0 aliphatic rings. The zero-order chi connectivity index (χ0) is 56.4. The minimum atomic E-state index is -0.792. The van der Waals surface area contributed by atoms with E-state index in [0.29, 0.717) is 19.3 Å². The predicted octanol–water partition coefficient (Wildman–Crippen LogP) is 22.2. The fourth-order valence-electron chi connectivity index (χ4n) is 8.65. The van der Waals surface area contributed by atoms with Crippen LogP contribution in [0.5, 0.6) is 0 Å². The maximum absolute atomic E-state index is 12.8. The van der Waals surface area contributed by atoms with Crippen molar-refractivity contribution in [3.8, 4) is 0 Å². The summed E-state index contributed by atoms with van der Waals surface area (Å²) >= 11 is 0. The van der Waals surface area contributed by atoms with E-state index in [0.717, 1.165) is 141 Å². The standard InChI is InChI=1S/C72H118O6/c1-4-7-10-13-16-19-21-23-25-27-28-29-30-31-32-33-34-35-36-37-38-39-40-41-42-43-44-46-47-49-51-53-56-59-62-65-71(74)77-68-69(67-76-70(73)64-61-58-55-18-15-12-9-6-3)78-72(75)66-63-60-57-54-52-50-48-45-26-24-22-20-17-14-11-8-5-2/h7-8,10-11,16-17,19-20,23-26,28-29,31-32,34-35,37-38,48,50,69H,4-6,9,12-15,18,21-22,27,30,33,36,39-47,49,51-68H2,1-3H3/b10-7-,11-8-,19-16-,20-17-,25-23-,26-24-,29-28-,32-31-,35-34-,38-37-,50-48-. The zero-order valence-corrected chi connectivity index (χ0v) is 50.6.